The second-order valence-electron chi connectivity index (χ2n) is 8.65. The Kier molecular flexibility index (Phi) is 5.55. The smallest absolute Gasteiger partial charge is 0.257 e. The van der Waals surface area contributed by atoms with Crippen molar-refractivity contribution in [3.8, 4) is 0 Å². The van der Waals surface area contributed by atoms with E-state index < -0.39 is 0 Å². The van der Waals surface area contributed by atoms with E-state index in [-0.39, 0.29) is 11.9 Å². The normalized spacial score (nSPS) is 19.7. The number of aryl methyl sites for hydroxylation is 4. The van der Waals surface area contributed by atoms with Crippen molar-refractivity contribution < 1.29 is 4.79 Å². The molecule has 4 heteroatoms. The molecule has 152 valence electrons. The molecule has 2 aromatic rings. The number of rotatable bonds is 4. The van der Waals surface area contributed by atoms with Gasteiger partial charge in [0.05, 0.1) is 18.3 Å². The van der Waals surface area contributed by atoms with Crippen molar-refractivity contribution in [3.05, 3.63) is 69.8 Å². The molecule has 29 heavy (non-hydrogen) atoms. The van der Waals surface area contributed by atoms with E-state index in [0.29, 0.717) is 6.54 Å². The summed E-state index contributed by atoms with van der Waals surface area (Å²) in [6.45, 7) is 11.0. The Morgan fingerprint density at radius 1 is 0.966 bits per heavy atom. The molecule has 0 spiro atoms. The summed E-state index contributed by atoms with van der Waals surface area (Å²) in [5.74, 6) is 0.108. The largest absolute Gasteiger partial charge is 0.294 e. The summed E-state index contributed by atoms with van der Waals surface area (Å²) in [4.78, 5) is 15.5. The van der Waals surface area contributed by atoms with Gasteiger partial charge < -0.3 is 0 Å². The first-order chi connectivity index (χ1) is 13.9. The van der Waals surface area contributed by atoms with Gasteiger partial charge in [-0.05, 0) is 87.5 Å². The quantitative estimate of drug-likeness (QED) is 0.760. The van der Waals surface area contributed by atoms with E-state index in [4.69, 9.17) is 5.10 Å². The molecule has 2 aliphatic heterocycles. The molecule has 4 rings (SSSR count). The van der Waals surface area contributed by atoms with Gasteiger partial charge in [-0.15, -0.1) is 0 Å². The number of hydrogen-bond donors (Lipinski definition) is 0. The second kappa shape index (κ2) is 8.11. The minimum absolute atomic E-state index is 0.0263. The van der Waals surface area contributed by atoms with Crippen LogP contribution in [-0.2, 0) is 4.79 Å². The van der Waals surface area contributed by atoms with Crippen LogP contribution in [0.1, 0.15) is 58.7 Å². The highest BCUT2D eigenvalue weighted by Crippen LogP contribution is 2.35. The van der Waals surface area contributed by atoms with Crippen molar-refractivity contribution >= 4 is 11.6 Å². The van der Waals surface area contributed by atoms with Gasteiger partial charge in [0.2, 0.25) is 0 Å². The Morgan fingerprint density at radius 3 is 2.41 bits per heavy atom. The molecule has 2 heterocycles. The molecule has 2 aromatic carbocycles. The average molecular weight is 390 g/mol. The lowest BCUT2D eigenvalue weighted by Crippen LogP contribution is -2.37. The lowest BCUT2D eigenvalue weighted by atomic mass is 9.93. The van der Waals surface area contributed by atoms with Crippen LogP contribution in [0.2, 0.25) is 0 Å². The topological polar surface area (TPSA) is 35.9 Å². The van der Waals surface area contributed by atoms with Crippen LogP contribution in [0.25, 0.3) is 0 Å². The highest BCUT2D eigenvalue weighted by molar-refractivity contribution is 6.03. The maximum atomic E-state index is 13.3. The highest BCUT2D eigenvalue weighted by Gasteiger charge is 2.34. The molecule has 1 fully saturated rings. The fourth-order valence-corrected chi connectivity index (χ4v) is 4.40. The number of hydrogen-bond acceptors (Lipinski definition) is 3. The summed E-state index contributed by atoms with van der Waals surface area (Å²) < 4.78 is 0. The third-order valence-electron chi connectivity index (χ3n) is 6.36. The Labute approximate surface area is 174 Å². The van der Waals surface area contributed by atoms with Crippen molar-refractivity contribution in [2.24, 2.45) is 5.10 Å². The van der Waals surface area contributed by atoms with Gasteiger partial charge in [-0.3, -0.25) is 9.69 Å². The van der Waals surface area contributed by atoms with Gasteiger partial charge in [-0.1, -0.05) is 35.9 Å². The molecule has 1 amide bonds. The predicted octanol–water partition coefficient (Wildman–Crippen LogP) is 4.69. The van der Waals surface area contributed by atoms with Crippen LogP contribution < -0.4 is 0 Å². The van der Waals surface area contributed by atoms with Crippen LogP contribution in [0.5, 0.6) is 0 Å². The summed E-state index contributed by atoms with van der Waals surface area (Å²) in [7, 11) is 0. The lowest BCUT2D eigenvalue weighted by molar-refractivity contribution is -0.134. The van der Waals surface area contributed by atoms with Gasteiger partial charge in [0.15, 0.2) is 0 Å². The van der Waals surface area contributed by atoms with Crippen molar-refractivity contribution in [2.75, 3.05) is 19.6 Å². The van der Waals surface area contributed by atoms with E-state index in [1.54, 1.807) is 5.01 Å². The molecule has 0 saturated carbocycles. The number of carbonyl (C=O) groups is 1. The van der Waals surface area contributed by atoms with E-state index in [9.17, 15) is 4.79 Å². The molecular formula is C25H31N3O. The summed E-state index contributed by atoms with van der Waals surface area (Å²) >= 11 is 0. The van der Waals surface area contributed by atoms with Crippen molar-refractivity contribution in [1.29, 1.82) is 0 Å². The van der Waals surface area contributed by atoms with Gasteiger partial charge in [-0.2, -0.15) is 5.10 Å². The van der Waals surface area contributed by atoms with Crippen LogP contribution in [0.15, 0.2) is 41.5 Å². The third-order valence-corrected chi connectivity index (χ3v) is 6.36. The number of hydrazone groups is 1. The van der Waals surface area contributed by atoms with Crippen LogP contribution in [-0.4, -0.2) is 41.2 Å². The summed E-state index contributed by atoms with van der Waals surface area (Å²) in [6, 6.07) is 13.0. The zero-order chi connectivity index (χ0) is 20.5. The van der Waals surface area contributed by atoms with Crippen molar-refractivity contribution in [1.82, 2.24) is 9.91 Å². The summed E-state index contributed by atoms with van der Waals surface area (Å²) in [5, 5.41) is 6.64. The van der Waals surface area contributed by atoms with Crippen LogP contribution in [0.4, 0.5) is 0 Å². The monoisotopic (exact) mass is 389 g/mol. The van der Waals surface area contributed by atoms with Crippen LogP contribution in [0.3, 0.4) is 0 Å². The van der Waals surface area contributed by atoms with E-state index in [0.717, 1.165) is 30.8 Å². The van der Waals surface area contributed by atoms with Crippen LogP contribution in [0, 0.1) is 27.7 Å². The molecule has 0 bridgehead atoms. The molecule has 0 N–H and O–H groups in total. The van der Waals surface area contributed by atoms with Gasteiger partial charge in [0, 0.05) is 6.42 Å². The minimum Gasteiger partial charge on any atom is -0.294 e. The Morgan fingerprint density at radius 2 is 1.69 bits per heavy atom. The van der Waals surface area contributed by atoms with Crippen molar-refractivity contribution in [2.45, 2.75) is 53.0 Å². The first kappa shape index (κ1) is 19.8. The van der Waals surface area contributed by atoms with Gasteiger partial charge in [0.1, 0.15) is 0 Å². The standard InChI is InChI=1S/C25H31N3O/c1-17-7-8-19(3)22(13-17)24-15-23(21-10-9-18(2)20(4)14-21)26-28(24)25(29)16-27-11-5-6-12-27/h7-10,13-14,24H,5-6,11-12,15-16H2,1-4H3/t24-/m0/s1. The maximum Gasteiger partial charge on any atom is 0.257 e. The van der Waals surface area contributed by atoms with Gasteiger partial charge >= 0.3 is 0 Å². The summed E-state index contributed by atoms with van der Waals surface area (Å²) in [5.41, 5.74) is 8.32. The predicted molar refractivity (Wildman–Crippen MR) is 118 cm³/mol. The number of benzene rings is 2. The summed E-state index contributed by atoms with van der Waals surface area (Å²) in [6.07, 6.45) is 3.13. The molecule has 0 aromatic heterocycles. The Balaban J connectivity index is 1.68. The van der Waals surface area contributed by atoms with E-state index in [2.05, 4.69) is 69.0 Å². The van der Waals surface area contributed by atoms with Gasteiger partial charge in [0.25, 0.3) is 5.91 Å². The molecule has 0 radical (unpaired) electrons. The molecular weight excluding hydrogens is 358 g/mol. The molecule has 0 aliphatic carbocycles. The average Bonchev–Trinajstić information content (AvgIpc) is 3.36. The minimum atomic E-state index is -0.0263. The fourth-order valence-electron chi connectivity index (χ4n) is 4.40. The van der Waals surface area contributed by atoms with Gasteiger partial charge in [-0.25, -0.2) is 5.01 Å². The first-order valence-corrected chi connectivity index (χ1v) is 10.7. The zero-order valence-electron chi connectivity index (χ0n) is 18.0. The zero-order valence-corrected chi connectivity index (χ0v) is 18.0. The Bertz CT molecular complexity index is 957. The van der Waals surface area contributed by atoms with Crippen LogP contribution >= 0.6 is 0 Å². The molecule has 1 saturated heterocycles. The molecule has 4 nitrogen and oxygen atoms in total. The lowest BCUT2D eigenvalue weighted by Gasteiger charge is -2.25. The number of likely N-dealkylation sites (tertiary alicyclic amines) is 1. The number of amides is 1. The molecule has 2 aliphatic rings. The van der Waals surface area contributed by atoms with E-state index >= 15 is 0 Å². The SMILES string of the molecule is Cc1ccc(C)c([C@@H]2CC(c3ccc(C)c(C)c3)=NN2C(=O)CN2CCCC2)c1. The van der Waals surface area contributed by atoms with Crippen molar-refractivity contribution in [3.63, 3.8) is 0 Å². The van der Waals surface area contributed by atoms with E-state index in [1.165, 1.54) is 40.7 Å². The number of carbonyl (C=O) groups excluding carboxylic acids is 1. The maximum absolute atomic E-state index is 13.3. The molecule has 1 atom stereocenters. The highest BCUT2D eigenvalue weighted by atomic mass is 16.2. The number of nitrogens with zero attached hydrogens (tertiary/aromatic N) is 3. The van der Waals surface area contributed by atoms with E-state index in [1.807, 2.05) is 0 Å². The Hall–Kier alpha value is -2.46. The second-order valence-corrected chi connectivity index (χ2v) is 8.65. The first-order valence-electron chi connectivity index (χ1n) is 10.7. The third kappa shape index (κ3) is 4.13. The molecule has 0 unspecified atom stereocenters. The fraction of sp³-hybridized carbons (Fsp3) is 0.440.